The molecule has 1 rings (SSSR count). The first-order valence-electron chi connectivity index (χ1n) is 5.34. The van der Waals surface area contributed by atoms with Gasteiger partial charge in [-0.05, 0) is 31.2 Å². The zero-order valence-corrected chi connectivity index (χ0v) is 10.1. The summed E-state index contributed by atoms with van der Waals surface area (Å²) in [5.41, 5.74) is 1.22. The van der Waals surface area contributed by atoms with Crippen LogP contribution in [0.4, 0.5) is 0 Å². The fourth-order valence-corrected chi connectivity index (χ4v) is 1.58. The van der Waals surface area contributed by atoms with Crippen LogP contribution in [0.1, 0.15) is 25.5 Å². The van der Waals surface area contributed by atoms with Crippen LogP contribution in [0.5, 0.6) is 0 Å². The Labute approximate surface area is 96.6 Å². The van der Waals surface area contributed by atoms with Crippen LogP contribution in [0.15, 0.2) is 24.3 Å². The van der Waals surface area contributed by atoms with Gasteiger partial charge in [-0.3, -0.25) is 0 Å². The Morgan fingerprint density at radius 2 is 1.93 bits per heavy atom. The number of hydrogen-bond donors (Lipinski definition) is 1. The van der Waals surface area contributed by atoms with Crippen LogP contribution in [-0.2, 0) is 4.74 Å². The summed E-state index contributed by atoms with van der Waals surface area (Å²) in [6.07, 6.45) is 0. The molecule has 0 fully saturated rings. The van der Waals surface area contributed by atoms with Crippen LogP contribution in [0.3, 0.4) is 0 Å². The first-order valence-corrected chi connectivity index (χ1v) is 5.72. The molecule has 0 saturated heterocycles. The zero-order chi connectivity index (χ0) is 11.1. The highest BCUT2D eigenvalue weighted by molar-refractivity contribution is 6.30. The van der Waals surface area contributed by atoms with Crippen LogP contribution in [0.2, 0.25) is 5.02 Å². The number of benzene rings is 1. The van der Waals surface area contributed by atoms with E-state index in [1.54, 1.807) is 0 Å². The molecule has 1 aromatic carbocycles. The van der Waals surface area contributed by atoms with Gasteiger partial charge in [0.15, 0.2) is 0 Å². The van der Waals surface area contributed by atoms with Crippen LogP contribution in [0.25, 0.3) is 0 Å². The minimum absolute atomic E-state index is 0.257. The summed E-state index contributed by atoms with van der Waals surface area (Å²) in [7, 11) is 0. The van der Waals surface area contributed by atoms with E-state index < -0.39 is 0 Å². The first kappa shape index (κ1) is 12.5. The molecule has 0 aliphatic rings. The van der Waals surface area contributed by atoms with Crippen molar-refractivity contribution in [2.75, 3.05) is 19.8 Å². The predicted molar refractivity (Wildman–Crippen MR) is 64.4 cm³/mol. The fourth-order valence-electron chi connectivity index (χ4n) is 1.45. The molecule has 3 heteroatoms. The quantitative estimate of drug-likeness (QED) is 0.807. The summed E-state index contributed by atoms with van der Waals surface area (Å²) in [6.45, 7) is 6.47. The van der Waals surface area contributed by atoms with E-state index in [1.165, 1.54) is 5.56 Å². The van der Waals surface area contributed by atoms with E-state index >= 15 is 0 Å². The molecular weight excluding hydrogens is 210 g/mol. The molecule has 0 aliphatic carbocycles. The number of likely N-dealkylation sites (N-methyl/N-ethyl adjacent to an activating group) is 1. The number of nitrogens with one attached hydrogen (secondary N) is 1. The third-order valence-electron chi connectivity index (χ3n) is 2.21. The summed E-state index contributed by atoms with van der Waals surface area (Å²) in [5.74, 6) is 0. The molecule has 0 spiro atoms. The number of hydrogen-bond acceptors (Lipinski definition) is 2. The van der Waals surface area contributed by atoms with Gasteiger partial charge in [-0.15, -0.1) is 0 Å². The van der Waals surface area contributed by atoms with Gasteiger partial charge in [-0.2, -0.15) is 0 Å². The predicted octanol–water partition coefficient (Wildman–Crippen LogP) is 3.03. The molecule has 0 saturated carbocycles. The second-order valence-corrected chi connectivity index (χ2v) is 3.76. The lowest BCUT2D eigenvalue weighted by Gasteiger charge is -2.18. The smallest absolute Gasteiger partial charge is 0.0661 e. The molecule has 2 nitrogen and oxygen atoms in total. The number of rotatable bonds is 6. The van der Waals surface area contributed by atoms with Gasteiger partial charge in [0.25, 0.3) is 0 Å². The summed E-state index contributed by atoms with van der Waals surface area (Å²) in [4.78, 5) is 0. The third-order valence-corrected chi connectivity index (χ3v) is 2.46. The highest BCUT2D eigenvalue weighted by Crippen LogP contribution is 2.16. The van der Waals surface area contributed by atoms with Crippen molar-refractivity contribution in [3.63, 3.8) is 0 Å². The highest BCUT2D eigenvalue weighted by atomic mass is 35.5. The highest BCUT2D eigenvalue weighted by Gasteiger charge is 2.09. The Morgan fingerprint density at radius 3 is 2.47 bits per heavy atom. The van der Waals surface area contributed by atoms with Crippen molar-refractivity contribution < 1.29 is 4.74 Å². The van der Waals surface area contributed by atoms with Gasteiger partial charge in [0, 0.05) is 11.6 Å². The van der Waals surface area contributed by atoms with Gasteiger partial charge in [-0.1, -0.05) is 30.7 Å². The molecular formula is C12H18ClNO. The van der Waals surface area contributed by atoms with E-state index in [4.69, 9.17) is 16.3 Å². The summed E-state index contributed by atoms with van der Waals surface area (Å²) in [6, 6.07) is 8.15. The van der Waals surface area contributed by atoms with Gasteiger partial charge < -0.3 is 10.1 Å². The van der Waals surface area contributed by atoms with Gasteiger partial charge in [0.1, 0.15) is 0 Å². The van der Waals surface area contributed by atoms with Gasteiger partial charge in [-0.25, -0.2) is 0 Å². The minimum atomic E-state index is 0.257. The normalized spacial score (nSPS) is 12.7. The van der Waals surface area contributed by atoms with Crippen LogP contribution in [0, 0.1) is 0 Å². The lowest BCUT2D eigenvalue weighted by Crippen LogP contribution is -2.25. The largest absolute Gasteiger partial charge is 0.380 e. The Balaban J connectivity index is 2.65. The molecule has 0 radical (unpaired) electrons. The Hall–Kier alpha value is -0.570. The lowest BCUT2D eigenvalue weighted by atomic mass is 10.1. The van der Waals surface area contributed by atoms with Crippen LogP contribution < -0.4 is 5.32 Å². The van der Waals surface area contributed by atoms with E-state index in [0.717, 1.165) is 18.2 Å². The fraction of sp³-hybridized carbons (Fsp3) is 0.500. The van der Waals surface area contributed by atoms with E-state index in [0.29, 0.717) is 6.61 Å². The Morgan fingerprint density at radius 1 is 1.27 bits per heavy atom. The van der Waals surface area contributed by atoms with Crippen LogP contribution in [-0.4, -0.2) is 19.8 Å². The lowest BCUT2D eigenvalue weighted by molar-refractivity contribution is 0.123. The summed E-state index contributed by atoms with van der Waals surface area (Å²) < 4.78 is 5.44. The summed E-state index contributed by atoms with van der Waals surface area (Å²) in [5, 5.41) is 4.15. The monoisotopic (exact) mass is 227 g/mol. The average molecular weight is 228 g/mol. The van der Waals surface area contributed by atoms with E-state index in [1.807, 2.05) is 31.2 Å². The molecule has 0 bridgehead atoms. The average Bonchev–Trinajstić information content (AvgIpc) is 2.25. The topological polar surface area (TPSA) is 21.3 Å². The van der Waals surface area contributed by atoms with Crippen molar-refractivity contribution in [3.05, 3.63) is 34.9 Å². The maximum atomic E-state index is 5.85. The molecule has 0 aromatic heterocycles. The minimum Gasteiger partial charge on any atom is -0.380 e. The number of halogens is 1. The Kier molecular flexibility index (Phi) is 5.69. The molecule has 1 N–H and O–H groups in total. The molecule has 1 unspecified atom stereocenters. The van der Waals surface area contributed by atoms with E-state index in [-0.39, 0.29) is 6.04 Å². The zero-order valence-electron chi connectivity index (χ0n) is 9.29. The van der Waals surface area contributed by atoms with Crippen molar-refractivity contribution in [2.24, 2.45) is 0 Å². The van der Waals surface area contributed by atoms with Gasteiger partial charge >= 0.3 is 0 Å². The van der Waals surface area contributed by atoms with Crippen molar-refractivity contribution in [1.82, 2.24) is 5.32 Å². The standard InChI is InChI=1S/C12H18ClNO/c1-3-14-12(9-15-4-2)10-5-7-11(13)8-6-10/h5-8,12,14H,3-4,9H2,1-2H3. The molecule has 1 aromatic rings. The molecule has 0 heterocycles. The second-order valence-electron chi connectivity index (χ2n) is 3.32. The Bertz CT molecular complexity index is 273. The molecule has 0 amide bonds. The summed E-state index contributed by atoms with van der Waals surface area (Å²) >= 11 is 5.85. The first-order chi connectivity index (χ1) is 7.27. The molecule has 0 aliphatic heterocycles. The van der Waals surface area contributed by atoms with E-state index in [9.17, 15) is 0 Å². The maximum Gasteiger partial charge on any atom is 0.0661 e. The third kappa shape index (κ3) is 4.20. The molecule has 84 valence electrons. The van der Waals surface area contributed by atoms with Gasteiger partial charge in [0.2, 0.25) is 0 Å². The van der Waals surface area contributed by atoms with Crippen LogP contribution >= 0.6 is 11.6 Å². The molecule has 1 atom stereocenters. The second kappa shape index (κ2) is 6.83. The number of ether oxygens (including phenoxy) is 1. The van der Waals surface area contributed by atoms with E-state index in [2.05, 4.69) is 12.2 Å². The van der Waals surface area contributed by atoms with Gasteiger partial charge in [0.05, 0.1) is 12.6 Å². The van der Waals surface area contributed by atoms with Crippen molar-refractivity contribution in [3.8, 4) is 0 Å². The van der Waals surface area contributed by atoms with Crippen molar-refractivity contribution in [2.45, 2.75) is 19.9 Å². The molecule has 15 heavy (non-hydrogen) atoms. The van der Waals surface area contributed by atoms with Crippen molar-refractivity contribution in [1.29, 1.82) is 0 Å². The maximum absolute atomic E-state index is 5.85. The SMILES string of the molecule is CCNC(COCC)c1ccc(Cl)cc1. The van der Waals surface area contributed by atoms with Crippen molar-refractivity contribution >= 4 is 11.6 Å².